The van der Waals surface area contributed by atoms with Crippen LogP contribution >= 0.6 is 0 Å². The normalized spacial score (nSPS) is 14.2. The van der Waals surface area contributed by atoms with Crippen molar-refractivity contribution in [2.75, 3.05) is 5.32 Å². The quantitative estimate of drug-likeness (QED) is 0.551. The van der Waals surface area contributed by atoms with Crippen LogP contribution in [0.2, 0.25) is 0 Å². The molecule has 3 aromatic rings. The van der Waals surface area contributed by atoms with Crippen molar-refractivity contribution in [3.8, 4) is 5.75 Å². The highest BCUT2D eigenvalue weighted by Crippen LogP contribution is 2.30. The summed E-state index contributed by atoms with van der Waals surface area (Å²) in [6.45, 7) is 1.73. The first-order valence-electron chi connectivity index (χ1n) is 9.79. The molecule has 0 spiro atoms. The molecule has 0 fully saturated rings. The molecule has 0 aliphatic heterocycles. The Labute approximate surface area is 177 Å². The van der Waals surface area contributed by atoms with Crippen LogP contribution in [0.15, 0.2) is 58.0 Å². The van der Waals surface area contributed by atoms with Crippen LogP contribution in [0, 0.1) is 12.7 Å². The Morgan fingerprint density at radius 2 is 1.81 bits per heavy atom. The predicted molar refractivity (Wildman–Crippen MR) is 113 cm³/mol. The van der Waals surface area contributed by atoms with Crippen LogP contribution in [0.4, 0.5) is 10.1 Å². The number of hydrazone groups is 1. The van der Waals surface area contributed by atoms with Gasteiger partial charge in [-0.05, 0) is 44.0 Å². The van der Waals surface area contributed by atoms with Gasteiger partial charge in [-0.2, -0.15) is 5.10 Å². The number of rotatable bonds is 4. The minimum atomic E-state index is -0.561. The number of hydrogen-bond donors (Lipinski definition) is 3. The third-order valence-electron chi connectivity index (χ3n) is 5.10. The second kappa shape index (κ2) is 8.43. The highest BCUT2D eigenvalue weighted by molar-refractivity contribution is 6.09. The minimum absolute atomic E-state index is 0.0603. The number of amides is 2. The Hall–Kier alpha value is -3.94. The predicted octanol–water partition coefficient (Wildman–Crippen LogP) is 4.16. The van der Waals surface area contributed by atoms with Crippen LogP contribution in [0.3, 0.4) is 0 Å². The van der Waals surface area contributed by atoms with Crippen molar-refractivity contribution in [1.82, 2.24) is 5.43 Å². The maximum Gasteiger partial charge on any atom is 0.291 e. The first-order valence-corrected chi connectivity index (χ1v) is 9.79. The number of anilines is 1. The van der Waals surface area contributed by atoms with E-state index in [0.717, 1.165) is 6.42 Å². The van der Waals surface area contributed by atoms with Gasteiger partial charge in [-0.1, -0.05) is 24.3 Å². The molecule has 1 aliphatic rings. The van der Waals surface area contributed by atoms with Gasteiger partial charge in [-0.25, -0.2) is 9.82 Å². The highest BCUT2D eigenvalue weighted by Gasteiger charge is 2.28. The third-order valence-corrected chi connectivity index (χ3v) is 5.10. The lowest BCUT2D eigenvalue weighted by Crippen LogP contribution is -2.22. The highest BCUT2D eigenvalue weighted by atomic mass is 19.1. The lowest BCUT2D eigenvalue weighted by atomic mass is 9.93. The number of para-hydroxylation sites is 2. The Bertz CT molecular complexity index is 1200. The van der Waals surface area contributed by atoms with E-state index < -0.39 is 17.6 Å². The molecule has 1 heterocycles. The van der Waals surface area contributed by atoms with E-state index in [1.165, 1.54) is 30.3 Å². The van der Waals surface area contributed by atoms with Gasteiger partial charge in [0.25, 0.3) is 11.8 Å². The number of aryl methyl sites for hydroxylation is 1. The Morgan fingerprint density at radius 3 is 2.58 bits per heavy atom. The van der Waals surface area contributed by atoms with Gasteiger partial charge in [0.1, 0.15) is 17.3 Å². The number of hydrogen-bond acceptors (Lipinski definition) is 5. The zero-order chi connectivity index (χ0) is 22.0. The van der Waals surface area contributed by atoms with E-state index in [9.17, 15) is 19.1 Å². The number of carbonyl (C=O) groups is 2. The molecule has 0 unspecified atom stereocenters. The molecule has 1 aromatic heterocycles. The zero-order valence-electron chi connectivity index (χ0n) is 16.7. The van der Waals surface area contributed by atoms with Crippen molar-refractivity contribution in [3.63, 3.8) is 0 Å². The molecule has 7 nitrogen and oxygen atoms in total. The molecule has 2 amide bonds. The Morgan fingerprint density at radius 1 is 1.06 bits per heavy atom. The van der Waals surface area contributed by atoms with E-state index in [4.69, 9.17) is 4.42 Å². The number of fused-ring (bicyclic) bond motifs is 1. The molecule has 0 radical (unpaired) electrons. The second-order valence-electron chi connectivity index (χ2n) is 7.16. The van der Waals surface area contributed by atoms with Gasteiger partial charge in [0.2, 0.25) is 0 Å². The summed E-state index contributed by atoms with van der Waals surface area (Å²) < 4.78 is 19.7. The monoisotopic (exact) mass is 421 g/mol. The van der Waals surface area contributed by atoms with Gasteiger partial charge in [0.15, 0.2) is 5.76 Å². The molecule has 31 heavy (non-hydrogen) atoms. The van der Waals surface area contributed by atoms with Crippen molar-refractivity contribution in [2.45, 2.75) is 26.2 Å². The summed E-state index contributed by atoms with van der Waals surface area (Å²) >= 11 is 0. The van der Waals surface area contributed by atoms with E-state index in [0.29, 0.717) is 35.4 Å². The molecule has 158 valence electrons. The molecule has 0 saturated carbocycles. The lowest BCUT2D eigenvalue weighted by molar-refractivity contribution is 0.0950. The summed E-state index contributed by atoms with van der Waals surface area (Å²) in [6.07, 6.45) is 1.94. The fourth-order valence-corrected chi connectivity index (χ4v) is 3.58. The zero-order valence-corrected chi connectivity index (χ0v) is 16.7. The van der Waals surface area contributed by atoms with Gasteiger partial charge in [0.05, 0.1) is 17.0 Å². The number of furan rings is 1. The standard InChI is InChI=1S/C23H20FN3O4/c1-13-20-17(26-27-22(29)14-7-2-5-11-18(14)28)10-6-12-19(20)31-21(13)23(30)25-16-9-4-3-8-15(16)24/h2-5,7-9,11,28H,6,10,12H2,1H3,(H,25,30)(H,27,29)/b26-17+. The molecule has 4 rings (SSSR count). The van der Waals surface area contributed by atoms with Crippen LogP contribution < -0.4 is 10.7 Å². The maximum absolute atomic E-state index is 13.9. The SMILES string of the molecule is Cc1c(C(=O)Nc2ccccc2F)oc2c1/C(=N/NC(=O)c1ccccc1O)CCC2. The van der Waals surface area contributed by atoms with E-state index in [2.05, 4.69) is 15.8 Å². The van der Waals surface area contributed by atoms with Gasteiger partial charge >= 0.3 is 0 Å². The molecular formula is C23H20FN3O4. The van der Waals surface area contributed by atoms with Crippen molar-refractivity contribution in [2.24, 2.45) is 5.10 Å². The minimum Gasteiger partial charge on any atom is -0.507 e. The first-order chi connectivity index (χ1) is 15.0. The smallest absolute Gasteiger partial charge is 0.291 e. The van der Waals surface area contributed by atoms with Crippen LogP contribution in [-0.2, 0) is 6.42 Å². The summed E-state index contributed by atoms with van der Waals surface area (Å²) in [5, 5.41) is 16.6. The number of aromatic hydroxyl groups is 1. The van der Waals surface area contributed by atoms with Crippen molar-refractivity contribution in [3.05, 3.63) is 82.6 Å². The van der Waals surface area contributed by atoms with Gasteiger partial charge in [0, 0.05) is 17.5 Å². The molecule has 0 saturated heterocycles. The largest absolute Gasteiger partial charge is 0.507 e. The van der Waals surface area contributed by atoms with Crippen LogP contribution in [0.5, 0.6) is 5.75 Å². The van der Waals surface area contributed by atoms with E-state index in [1.807, 2.05) is 0 Å². The molecule has 0 bridgehead atoms. The van der Waals surface area contributed by atoms with E-state index in [1.54, 1.807) is 25.1 Å². The summed E-state index contributed by atoms with van der Waals surface area (Å²) in [5.74, 6) is -1.12. The van der Waals surface area contributed by atoms with Crippen LogP contribution in [0.25, 0.3) is 0 Å². The van der Waals surface area contributed by atoms with E-state index >= 15 is 0 Å². The number of phenolic OH excluding ortho intramolecular Hbond substituents is 1. The summed E-state index contributed by atoms with van der Waals surface area (Å²) in [5.41, 5.74) is 4.45. The lowest BCUT2D eigenvalue weighted by Gasteiger charge is -2.13. The number of carbonyl (C=O) groups excluding carboxylic acids is 2. The molecule has 3 N–H and O–H groups in total. The molecule has 1 aliphatic carbocycles. The summed E-state index contributed by atoms with van der Waals surface area (Å²) in [4.78, 5) is 25.0. The van der Waals surface area contributed by atoms with Gasteiger partial charge in [-0.3, -0.25) is 9.59 Å². The molecule has 2 aromatic carbocycles. The third kappa shape index (κ3) is 4.05. The van der Waals surface area contributed by atoms with Gasteiger partial charge < -0.3 is 14.8 Å². The molecule has 8 heteroatoms. The first kappa shape index (κ1) is 20.3. The number of halogens is 1. The van der Waals surface area contributed by atoms with Gasteiger partial charge in [-0.15, -0.1) is 0 Å². The summed E-state index contributed by atoms with van der Waals surface area (Å²) in [6, 6.07) is 12.0. The average molecular weight is 421 g/mol. The summed E-state index contributed by atoms with van der Waals surface area (Å²) in [7, 11) is 0. The fourth-order valence-electron chi connectivity index (χ4n) is 3.58. The fraction of sp³-hybridized carbons (Fsp3) is 0.174. The van der Waals surface area contributed by atoms with Crippen molar-refractivity contribution < 1.29 is 23.5 Å². The maximum atomic E-state index is 13.9. The topological polar surface area (TPSA) is 104 Å². The molecule has 0 atom stereocenters. The number of nitrogens with zero attached hydrogens (tertiary/aromatic N) is 1. The van der Waals surface area contributed by atoms with Crippen LogP contribution in [-0.4, -0.2) is 22.6 Å². The number of phenols is 1. The van der Waals surface area contributed by atoms with E-state index in [-0.39, 0.29) is 22.8 Å². The van der Waals surface area contributed by atoms with Crippen LogP contribution in [0.1, 0.15) is 50.6 Å². The number of benzene rings is 2. The molecular weight excluding hydrogens is 401 g/mol. The van der Waals surface area contributed by atoms with Crippen molar-refractivity contribution >= 4 is 23.2 Å². The second-order valence-corrected chi connectivity index (χ2v) is 7.16. The Kier molecular flexibility index (Phi) is 5.53. The van der Waals surface area contributed by atoms with Crippen molar-refractivity contribution in [1.29, 1.82) is 0 Å². The average Bonchev–Trinajstić information content (AvgIpc) is 3.11. The Balaban J connectivity index is 1.59. The number of nitrogens with one attached hydrogen (secondary N) is 2.